The SMILES string of the molecule is CC1CCN(C(=O)c2ccc(N3CCc4c(cccc4N4CCOC4=O)C3)nc2)CC1. The van der Waals surface area contributed by atoms with E-state index in [0.29, 0.717) is 24.6 Å². The first kappa shape index (κ1) is 19.8. The van der Waals surface area contributed by atoms with Crippen LogP contribution in [-0.4, -0.2) is 54.7 Å². The van der Waals surface area contributed by atoms with Crippen molar-refractivity contribution >= 4 is 23.5 Å². The van der Waals surface area contributed by atoms with Crippen molar-refractivity contribution in [3.05, 3.63) is 53.2 Å². The van der Waals surface area contributed by atoms with E-state index >= 15 is 0 Å². The average Bonchev–Trinajstić information content (AvgIpc) is 3.24. The Morgan fingerprint density at radius 1 is 1.10 bits per heavy atom. The second-order valence-electron chi connectivity index (χ2n) is 8.73. The predicted molar refractivity (Wildman–Crippen MR) is 118 cm³/mol. The summed E-state index contributed by atoms with van der Waals surface area (Å²) in [4.78, 5) is 35.3. The number of carbonyl (C=O) groups excluding carboxylic acids is 2. The number of likely N-dealkylation sites (tertiary alicyclic amines) is 1. The van der Waals surface area contributed by atoms with Crippen LogP contribution in [0.25, 0.3) is 0 Å². The molecule has 31 heavy (non-hydrogen) atoms. The molecule has 2 aromatic rings. The molecule has 0 radical (unpaired) electrons. The quantitative estimate of drug-likeness (QED) is 0.761. The minimum Gasteiger partial charge on any atom is -0.447 e. The highest BCUT2D eigenvalue weighted by molar-refractivity contribution is 5.94. The normalized spacial score (nSPS) is 19.4. The monoisotopic (exact) mass is 420 g/mol. The molecule has 2 fully saturated rings. The van der Waals surface area contributed by atoms with Crippen molar-refractivity contribution < 1.29 is 14.3 Å². The summed E-state index contributed by atoms with van der Waals surface area (Å²) in [5, 5.41) is 0. The molecule has 4 heterocycles. The number of pyridine rings is 1. The highest BCUT2D eigenvalue weighted by atomic mass is 16.6. The molecule has 0 atom stereocenters. The lowest BCUT2D eigenvalue weighted by Gasteiger charge is -2.32. The van der Waals surface area contributed by atoms with Crippen LogP contribution in [0.4, 0.5) is 16.3 Å². The number of ether oxygens (including phenoxy) is 1. The summed E-state index contributed by atoms with van der Waals surface area (Å²) in [6.07, 6.45) is 4.43. The summed E-state index contributed by atoms with van der Waals surface area (Å²) in [6.45, 7) is 6.50. The topological polar surface area (TPSA) is 66.0 Å². The highest BCUT2D eigenvalue weighted by Gasteiger charge is 2.29. The van der Waals surface area contributed by atoms with Crippen molar-refractivity contribution in [3.63, 3.8) is 0 Å². The number of amides is 2. The number of carbonyl (C=O) groups is 2. The molecule has 2 saturated heterocycles. The van der Waals surface area contributed by atoms with Gasteiger partial charge in [-0.25, -0.2) is 9.78 Å². The van der Waals surface area contributed by atoms with Gasteiger partial charge in [-0.1, -0.05) is 19.1 Å². The van der Waals surface area contributed by atoms with Crippen LogP contribution in [0.15, 0.2) is 36.5 Å². The van der Waals surface area contributed by atoms with Crippen molar-refractivity contribution in [2.24, 2.45) is 5.92 Å². The van der Waals surface area contributed by atoms with Gasteiger partial charge >= 0.3 is 6.09 Å². The summed E-state index contributed by atoms with van der Waals surface area (Å²) in [5.74, 6) is 1.65. The molecule has 0 N–H and O–H groups in total. The van der Waals surface area contributed by atoms with Crippen LogP contribution in [0.2, 0.25) is 0 Å². The lowest BCUT2D eigenvalue weighted by Crippen LogP contribution is -2.38. The zero-order valence-corrected chi connectivity index (χ0v) is 17.9. The molecule has 0 spiro atoms. The van der Waals surface area contributed by atoms with Crippen molar-refractivity contribution in [1.29, 1.82) is 0 Å². The fourth-order valence-electron chi connectivity index (χ4n) is 4.74. The number of anilines is 2. The van der Waals surface area contributed by atoms with E-state index in [9.17, 15) is 9.59 Å². The second kappa shape index (κ2) is 8.21. The third-order valence-corrected chi connectivity index (χ3v) is 6.68. The maximum atomic E-state index is 12.8. The van der Waals surface area contributed by atoms with Crippen LogP contribution in [0.3, 0.4) is 0 Å². The maximum Gasteiger partial charge on any atom is 0.414 e. The lowest BCUT2D eigenvalue weighted by atomic mass is 9.97. The molecule has 0 unspecified atom stereocenters. The van der Waals surface area contributed by atoms with E-state index < -0.39 is 0 Å². The van der Waals surface area contributed by atoms with Gasteiger partial charge in [-0.3, -0.25) is 9.69 Å². The Morgan fingerprint density at radius 2 is 1.94 bits per heavy atom. The molecular weight excluding hydrogens is 392 g/mol. The van der Waals surface area contributed by atoms with Gasteiger partial charge in [0.05, 0.1) is 17.8 Å². The molecule has 3 aliphatic heterocycles. The van der Waals surface area contributed by atoms with Gasteiger partial charge in [-0.05, 0) is 54.5 Å². The Hall–Kier alpha value is -3.09. The third kappa shape index (κ3) is 3.84. The van der Waals surface area contributed by atoms with Gasteiger partial charge in [0.1, 0.15) is 12.4 Å². The van der Waals surface area contributed by atoms with Crippen LogP contribution in [0.5, 0.6) is 0 Å². The van der Waals surface area contributed by atoms with Crippen molar-refractivity contribution in [2.45, 2.75) is 32.7 Å². The maximum absolute atomic E-state index is 12.8. The third-order valence-electron chi connectivity index (χ3n) is 6.68. The van der Waals surface area contributed by atoms with Crippen LogP contribution in [0.1, 0.15) is 41.3 Å². The molecule has 7 heteroatoms. The number of rotatable bonds is 3. The lowest BCUT2D eigenvalue weighted by molar-refractivity contribution is 0.0697. The average molecular weight is 421 g/mol. The standard InChI is InChI=1S/C24H28N4O3/c1-17-7-10-26(11-8-17)23(29)18-5-6-22(25-15-18)27-12-9-20-19(16-27)3-2-4-21(20)28-13-14-31-24(28)30/h2-6,15,17H,7-14,16H2,1H3. The first-order valence-electron chi connectivity index (χ1n) is 11.2. The summed E-state index contributed by atoms with van der Waals surface area (Å²) in [5.41, 5.74) is 4.03. The van der Waals surface area contributed by atoms with E-state index in [1.807, 2.05) is 29.2 Å². The number of cyclic esters (lactones) is 1. The minimum absolute atomic E-state index is 0.0806. The van der Waals surface area contributed by atoms with Gasteiger partial charge in [-0.2, -0.15) is 0 Å². The summed E-state index contributed by atoms with van der Waals surface area (Å²) in [7, 11) is 0. The van der Waals surface area contributed by atoms with Crippen LogP contribution < -0.4 is 9.80 Å². The Bertz CT molecular complexity index is 983. The molecule has 0 saturated carbocycles. The second-order valence-corrected chi connectivity index (χ2v) is 8.73. The molecule has 2 amide bonds. The Kier molecular flexibility index (Phi) is 5.26. The van der Waals surface area contributed by atoms with Gasteiger partial charge in [0.25, 0.3) is 5.91 Å². The Labute approximate surface area is 182 Å². The van der Waals surface area contributed by atoms with E-state index in [1.165, 1.54) is 11.1 Å². The number of benzene rings is 1. The molecule has 162 valence electrons. The van der Waals surface area contributed by atoms with E-state index in [-0.39, 0.29) is 12.0 Å². The first-order valence-corrected chi connectivity index (χ1v) is 11.2. The van der Waals surface area contributed by atoms with E-state index in [0.717, 1.165) is 56.9 Å². The summed E-state index contributed by atoms with van der Waals surface area (Å²) in [6, 6.07) is 9.96. The fourth-order valence-corrected chi connectivity index (χ4v) is 4.74. The van der Waals surface area contributed by atoms with Crippen molar-refractivity contribution in [1.82, 2.24) is 9.88 Å². The van der Waals surface area contributed by atoms with Crippen LogP contribution in [0, 0.1) is 5.92 Å². The number of aromatic nitrogens is 1. The van der Waals surface area contributed by atoms with Gasteiger partial charge in [0, 0.05) is 32.4 Å². The van der Waals surface area contributed by atoms with E-state index in [1.54, 1.807) is 11.1 Å². The van der Waals surface area contributed by atoms with Gasteiger partial charge in [0.2, 0.25) is 0 Å². The van der Waals surface area contributed by atoms with Gasteiger partial charge < -0.3 is 14.5 Å². The molecular formula is C24H28N4O3. The number of piperidine rings is 1. The fraction of sp³-hybridized carbons (Fsp3) is 0.458. The first-order chi connectivity index (χ1) is 15.1. The number of hydrogen-bond acceptors (Lipinski definition) is 5. The predicted octanol–water partition coefficient (Wildman–Crippen LogP) is 3.47. The van der Waals surface area contributed by atoms with E-state index in [4.69, 9.17) is 4.74 Å². The van der Waals surface area contributed by atoms with Crippen molar-refractivity contribution in [2.75, 3.05) is 42.6 Å². The zero-order valence-electron chi connectivity index (χ0n) is 17.9. The summed E-state index contributed by atoms with van der Waals surface area (Å²) >= 11 is 0. The Morgan fingerprint density at radius 3 is 2.65 bits per heavy atom. The zero-order chi connectivity index (χ0) is 21.4. The van der Waals surface area contributed by atoms with Crippen molar-refractivity contribution in [3.8, 4) is 0 Å². The van der Waals surface area contributed by atoms with Crippen LogP contribution in [-0.2, 0) is 17.7 Å². The molecule has 1 aromatic carbocycles. The number of fused-ring (bicyclic) bond motifs is 1. The number of nitrogens with zero attached hydrogens (tertiary/aromatic N) is 4. The Balaban J connectivity index is 1.29. The molecule has 3 aliphatic rings. The van der Waals surface area contributed by atoms with Crippen LogP contribution >= 0.6 is 0 Å². The van der Waals surface area contributed by atoms with Gasteiger partial charge in [0.15, 0.2) is 0 Å². The molecule has 0 aliphatic carbocycles. The molecule has 0 bridgehead atoms. The number of hydrogen-bond donors (Lipinski definition) is 0. The largest absolute Gasteiger partial charge is 0.447 e. The highest BCUT2D eigenvalue weighted by Crippen LogP contribution is 2.32. The smallest absolute Gasteiger partial charge is 0.414 e. The molecule has 1 aromatic heterocycles. The minimum atomic E-state index is -0.263. The molecule has 7 nitrogen and oxygen atoms in total. The van der Waals surface area contributed by atoms with Gasteiger partial charge in [-0.15, -0.1) is 0 Å². The van der Waals surface area contributed by atoms with E-state index in [2.05, 4.69) is 22.9 Å². The summed E-state index contributed by atoms with van der Waals surface area (Å²) < 4.78 is 5.12. The molecule has 5 rings (SSSR count).